The molecule has 0 amide bonds. The number of likely N-dealkylation sites (tertiary alicyclic amines) is 1. The third kappa shape index (κ3) is 3.82. The maximum absolute atomic E-state index is 11.0. The highest BCUT2D eigenvalue weighted by atomic mass is 16.5. The van der Waals surface area contributed by atoms with Crippen LogP contribution in [0.15, 0.2) is 30.3 Å². The van der Waals surface area contributed by atoms with Gasteiger partial charge in [0.15, 0.2) is 0 Å². The molecule has 1 fully saturated rings. The van der Waals surface area contributed by atoms with Gasteiger partial charge in [0.2, 0.25) is 0 Å². The first-order chi connectivity index (χ1) is 8.63. The maximum atomic E-state index is 11.0. The Bertz CT molecular complexity index is 393. The molecule has 1 heterocycles. The summed E-state index contributed by atoms with van der Waals surface area (Å²) < 4.78 is 5.19. The molecule has 1 N–H and O–H groups in total. The van der Waals surface area contributed by atoms with Gasteiger partial charge in [-0.2, -0.15) is 0 Å². The van der Waals surface area contributed by atoms with Crippen molar-refractivity contribution in [1.29, 1.82) is 0 Å². The molecule has 0 aromatic heterocycles. The number of hydrogen-bond donors (Lipinski definition) is 1. The molecule has 0 spiro atoms. The summed E-state index contributed by atoms with van der Waals surface area (Å²) in [5.41, 5.74) is 1.20. The summed E-state index contributed by atoms with van der Waals surface area (Å²) >= 11 is 0. The van der Waals surface area contributed by atoms with Gasteiger partial charge in [-0.25, -0.2) is 0 Å². The lowest BCUT2D eigenvalue weighted by atomic mass is 10.0. The number of esters is 1. The van der Waals surface area contributed by atoms with Crippen LogP contribution in [0.4, 0.5) is 0 Å². The van der Waals surface area contributed by atoms with Crippen molar-refractivity contribution in [3.63, 3.8) is 0 Å². The van der Waals surface area contributed by atoms with Crippen molar-refractivity contribution in [1.82, 2.24) is 4.90 Å². The van der Waals surface area contributed by atoms with Crippen LogP contribution in [0.3, 0.4) is 0 Å². The molecule has 1 aromatic carbocycles. The summed E-state index contributed by atoms with van der Waals surface area (Å²) in [6, 6.07) is 10.1. The number of carbonyl (C=O) groups is 1. The molecule has 0 bridgehead atoms. The number of nitrogens with zero attached hydrogens (tertiary/aromatic N) is 1. The van der Waals surface area contributed by atoms with Gasteiger partial charge in [-0.15, -0.1) is 0 Å². The topological polar surface area (TPSA) is 49.8 Å². The van der Waals surface area contributed by atoms with Crippen molar-refractivity contribution in [2.24, 2.45) is 0 Å². The minimum absolute atomic E-state index is 0.199. The second-order valence-corrected chi connectivity index (χ2v) is 4.80. The van der Waals surface area contributed by atoms with Crippen LogP contribution in [0.2, 0.25) is 0 Å². The molecule has 98 valence electrons. The third-order valence-electron chi connectivity index (χ3n) is 3.05. The highest BCUT2D eigenvalue weighted by molar-refractivity contribution is 5.66. The van der Waals surface area contributed by atoms with Crippen LogP contribution in [-0.2, 0) is 16.1 Å². The molecule has 18 heavy (non-hydrogen) atoms. The van der Waals surface area contributed by atoms with Crippen LogP contribution in [0.1, 0.15) is 18.9 Å². The van der Waals surface area contributed by atoms with E-state index < -0.39 is 6.10 Å². The quantitative estimate of drug-likeness (QED) is 0.817. The highest BCUT2D eigenvalue weighted by Gasteiger charge is 2.27. The lowest BCUT2D eigenvalue weighted by Gasteiger charge is -2.35. The van der Waals surface area contributed by atoms with E-state index in [0.29, 0.717) is 19.5 Å². The van der Waals surface area contributed by atoms with Crippen molar-refractivity contribution in [2.75, 3.05) is 13.1 Å². The normalized spacial score (nSPS) is 24.8. The molecular weight excluding hydrogens is 230 g/mol. The lowest BCUT2D eigenvalue weighted by molar-refractivity contribution is -0.151. The molecule has 1 saturated heterocycles. The van der Waals surface area contributed by atoms with Crippen LogP contribution in [-0.4, -0.2) is 41.3 Å². The number of aliphatic hydroxyl groups is 1. The Morgan fingerprint density at radius 1 is 1.39 bits per heavy atom. The average Bonchev–Trinajstić information content (AvgIpc) is 2.28. The summed E-state index contributed by atoms with van der Waals surface area (Å²) in [7, 11) is 0. The van der Waals surface area contributed by atoms with E-state index in [1.54, 1.807) is 0 Å². The number of rotatable bonds is 3. The molecular formula is C14H19NO3. The number of aliphatic hydroxyl groups excluding tert-OH is 1. The molecule has 1 aliphatic heterocycles. The Morgan fingerprint density at radius 2 is 2.11 bits per heavy atom. The number of carbonyl (C=O) groups excluding carboxylic acids is 1. The van der Waals surface area contributed by atoms with Crippen LogP contribution in [0, 0.1) is 0 Å². The number of piperidine rings is 1. The van der Waals surface area contributed by atoms with E-state index in [1.165, 1.54) is 12.5 Å². The number of ether oxygens (including phenoxy) is 1. The van der Waals surface area contributed by atoms with E-state index >= 15 is 0 Å². The second kappa shape index (κ2) is 5.98. The maximum Gasteiger partial charge on any atom is 0.302 e. The fourth-order valence-electron chi connectivity index (χ4n) is 2.40. The summed E-state index contributed by atoms with van der Waals surface area (Å²) in [4.78, 5) is 13.1. The number of benzene rings is 1. The number of β-amino-alcohol motifs (C(OH)–C–C–N with tert-alkyl or cyclic N) is 1. The Kier molecular flexibility index (Phi) is 4.33. The van der Waals surface area contributed by atoms with Crippen molar-refractivity contribution in [2.45, 2.75) is 32.1 Å². The van der Waals surface area contributed by atoms with Gasteiger partial charge < -0.3 is 9.84 Å². The molecule has 2 atom stereocenters. The second-order valence-electron chi connectivity index (χ2n) is 4.80. The van der Waals surface area contributed by atoms with E-state index in [0.717, 1.165) is 6.54 Å². The Balaban J connectivity index is 1.94. The van der Waals surface area contributed by atoms with Gasteiger partial charge in [0, 0.05) is 33.0 Å². The summed E-state index contributed by atoms with van der Waals surface area (Å²) in [5, 5.41) is 9.81. The first-order valence-corrected chi connectivity index (χ1v) is 6.25. The highest BCUT2D eigenvalue weighted by Crippen LogP contribution is 2.16. The predicted octanol–water partition coefficient (Wildman–Crippen LogP) is 1.18. The zero-order valence-electron chi connectivity index (χ0n) is 10.6. The largest absolute Gasteiger partial charge is 0.461 e. The van der Waals surface area contributed by atoms with Crippen LogP contribution < -0.4 is 0 Å². The van der Waals surface area contributed by atoms with Crippen LogP contribution in [0.25, 0.3) is 0 Å². The first-order valence-electron chi connectivity index (χ1n) is 6.25. The summed E-state index contributed by atoms with van der Waals surface area (Å²) in [6.45, 7) is 3.50. The van der Waals surface area contributed by atoms with E-state index in [4.69, 9.17) is 4.74 Å². The minimum Gasteiger partial charge on any atom is -0.461 e. The summed E-state index contributed by atoms with van der Waals surface area (Å²) in [5.74, 6) is -0.284. The van der Waals surface area contributed by atoms with Crippen molar-refractivity contribution < 1.29 is 14.6 Å². The smallest absolute Gasteiger partial charge is 0.302 e. The Hall–Kier alpha value is -1.39. The van der Waals surface area contributed by atoms with Crippen molar-refractivity contribution in [3.8, 4) is 0 Å². The van der Waals surface area contributed by atoms with E-state index in [2.05, 4.69) is 17.0 Å². The van der Waals surface area contributed by atoms with Crippen molar-refractivity contribution >= 4 is 5.97 Å². The first kappa shape index (κ1) is 13.1. The molecule has 2 rings (SSSR count). The zero-order chi connectivity index (χ0) is 13.0. The minimum atomic E-state index is -0.424. The zero-order valence-corrected chi connectivity index (χ0v) is 10.6. The SMILES string of the molecule is CC(=O)O[C@@H]1CC(O)CN(Cc2ccccc2)C1. The average molecular weight is 249 g/mol. The fraction of sp³-hybridized carbons (Fsp3) is 0.500. The molecule has 1 unspecified atom stereocenters. The molecule has 0 saturated carbocycles. The molecule has 0 aliphatic carbocycles. The Morgan fingerprint density at radius 3 is 2.78 bits per heavy atom. The van der Waals surface area contributed by atoms with Gasteiger partial charge in [-0.1, -0.05) is 30.3 Å². The molecule has 1 aromatic rings. The summed E-state index contributed by atoms with van der Waals surface area (Å²) in [6.07, 6.45) is -0.0907. The van der Waals surface area contributed by atoms with Gasteiger partial charge in [0.1, 0.15) is 6.10 Å². The van der Waals surface area contributed by atoms with Gasteiger partial charge in [-0.3, -0.25) is 9.69 Å². The monoisotopic (exact) mass is 249 g/mol. The fourth-order valence-corrected chi connectivity index (χ4v) is 2.40. The molecule has 1 aliphatic rings. The van der Waals surface area contributed by atoms with Gasteiger partial charge in [-0.05, 0) is 5.56 Å². The molecule has 4 nitrogen and oxygen atoms in total. The van der Waals surface area contributed by atoms with Crippen molar-refractivity contribution in [3.05, 3.63) is 35.9 Å². The van der Waals surface area contributed by atoms with Crippen LogP contribution in [0.5, 0.6) is 0 Å². The van der Waals surface area contributed by atoms with E-state index in [-0.39, 0.29) is 12.1 Å². The number of hydrogen-bond acceptors (Lipinski definition) is 4. The van der Waals surface area contributed by atoms with E-state index in [1.807, 2.05) is 18.2 Å². The molecule has 0 radical (unpaired) electrons. The van der Waals surface area contributed by atoms with Gasteiger partial charge in [0.05, 0.1) is 6.10 Å². The third-order valence-corrected chi connectivity index (χ3v) is 3.05. The predicted molar refractivity (Wildman–Crippen MR) is 67.9 cm³/mol. The van der Waals surface area contributed by atoms with Gasteiger partial charge >= 0.3 is 5.97 Å². The Labute approximate surface area is 107 Å². The van der Waals surface area contributed by atoms with Crippen LogP contribution >= 0.6 is 0 Å². The van der Waals surface area contributed by atoms with E-state index in [9.17, 15) is 9.90 Å². The molecule has 4 heteroatoms. The standard InChI is InChI=1S/C14H19NO3/c1-11(16)18-14-7-13(17)9-15(10-14)8-12-5-3-2-4-6-12/h2-6,13-14,17H,7-10H2,1H3/t13?,14-/m1/s1. The van der Waals surface area contributed by atoms with Gasteiger partial charge in [0.25, 0.3) is 0 Å². The lowest BCUT2D eigenvalue weighted by Crippen LogP contribution is -2.46.